The minimum Gasteiger partial charge on any atom is -0.368 e. The van der Waals surface area contributed by atoms with E-state index in [9.17, 15) is 9.59 Å². The van der Waals surface area contributed by atoms with Crippen molar-refractivity contribution in [1.82, 2.24) is 14.9 Å². The van der Waals surface area contributed by atoms with Crippen LogP contribution in [-0.4, -0.2) is 27.9 Å². The maximum Gasteiger partial charge on any atom is 0.237 e. The molecule has 0 unspecified atom stereocenters. The van der Waals surface area contributed by atoms with E-state index in [1.54, 1.807) is 0 Å². The van der Waals surface area contributed by atoms with Crippen LogP contribution in [-0.2, 0) is 22.6 Å². The molecular formula is C15H20N4O2. The lowest BCUT2D eigenvalue weighted by molar-refractivity contribution is -0.121. The molecule has 3 N–H and O–H groups in total. The highest BCUT2D eigenvalue weighted by atomic mass is 16.2. The zero-order valence-corrected chi connectivity index (χ0v) is 12.1. The van der Waals surface area contributed by atoms with Gasteiger partial charge >= 0.3 is 0 Å². The fraction of sp³-hybridized carbons (Fsp3) is 0.400. The number of hydrogen-bond donors (Lipinski definition) is 2. The Labute approximate surface area is 123 Å². The van der Waals surface area contributed by atoms with Gasteiger partial charge in [0, 0.05) is 19.4 Å². The van der Waals surface area contributed by atoms with Crippen molar-refractivity contribution < 1.29 is 9.59 Å². The maximum absolute atomic E-state index is 11.2. The zero-order valence-electron chi connectivity index (χ0n) is 12.1. The van der Waals surface area contributed by atoms with Crippen LogP contribution in [0.25, 0.3) is 11.0 Å². The lowest BCUT2D eigenvalue weighted by Gasteiger charge is -2.07. The normalized spacial score (nSPS) is 10.7. The Morgan fingerprint density at radius 2 is 2.10 bits per heavy atom. The summed E-state index contributed by atoms with van der Waals surface area (Å²) in [6.45, 7) is 2.55. The molecule has 0 aliphatic rings. The van der Waals surface area contributed by atoms with Crippen LogP contribution in [0.2, 0.25) is 0 Å². The van der Waals surface area contributed by atoms with Crippen LogP contribution in [0.3, 0.4) is 0 Å². The molecule has 0 saturated heterocycles. The van der Waals surface area contributed by atoms with Gasteiger partial charge in [-0.15, -0.1) is 0 Å². The summed E-state index contributed by atoms with van der Waals surface area (Å²) < 4.78 is 1.85. The van der Waals surface area contributed by atoms with E-state index in [0.717, 1.165) is 23.3 Å². The molecule has 1 aromatic heterocycles. The average molecular weight is 288 g/mol. The summed E-state index contributed by atoms with van der Waals surface area (Å²) in [6.07, 6.45) is 1.94. The van der Waals surface area contributed by atoms with Gasteiger partial charge in [-0.2, -0.15) is 0 Å². The topological polar surface area (TPSA) is 90.0 Å². The molecule has 112 valence electrons. The van der Waals surface area contributed by atoms with Crippen molar-refractivity contribution in [1.29, 1.82) is 0 Å². The second-order valence-corrected chi connectivity index (χ2v) is 4.88. The summed E-state index contributed by atoms with van der Waals surface area (Å²) in [6, 6.07) is 7.66. The third kappa shape index (κ3) is 3.81. The SMILES string of the molecule is CCC(=O)NCCCc1nc2ccccc2n1CC(N)=O. The van der Waals surface area contributed by atoms with Crippen LogP contribution in [0.15, 0.2) is 24.3 Å². The fourth-order valence-corrected chi connectivity index (χ4v) is 2.25. The molecule has 2 rings (SSSR count). The Morgan fingerprint density at radius 3 is 2.81 bits per heavy atom. The first-order chi connectivity index (χ1) is 10.1. The van der Waals surface area contributed by atoms with E-state index in [1.165, 1.54) is 0 Å². The third-order valence-electron chi connectivity index (χ3n) is 3.27. The van der Waals surface area contributed by atoms with Crippen LogP contribution in [0.1, 0.15) is 25.6 Å². The molecule has 21 heavy (non-hydrogen) atoms. The number of nitrogens with one attached hydrogen (secondary N) is 1. The van der Waals surface area contributed by atoms with Gasteiger partial charge in [0.25, 0.3) is 0 Å². The van der Waals surface area contributed by atoms with Gasteiger partial charge in [-0.3, -0.25) is 9.59 Å². The largest absolute Gasteiger partial charge is 0.368 e. The van der Waals surface area contributed by atoms with Crippen LogP contribution in [0.4, 0.5) is 0 Å². The number of nitrogens with zero attached hydrogens (tertiary/aromatic N) is 2. The quantitative estimate of drug-likeness (QED) is 0.744. The number of imidazole rings is 1. The van der Waals surface area contributed by atoms with Crippen molar-refractivity contribution >= 4 is 22.8 Å². The highest BCUT2D eigenvalue weighted by Crippen LogP contribution is 2.16. The predicted molar refractivity (Wildman–Crippen MR) is 80.5 cm³/mol. The zero-order chi connectivity index (χ0) is 15.2. The number of aromatic nitrogens is 2. The molecule has 6 heteroatoms. The number of rotatable bonds is 7. The lowest BCUT2D eigenvalue weighted by Crippen LogP contribution is -2.24. The number of aryl methyl sites for hydroxylation is 1. The van der Waals surface area contributed by atoms with Crippen molar-refractivity contribution in [3.63, 3.8) is 0 Å². The number of nitrogens with two attached hydrogens (primary N) is 1. The first-order valence-corrected chi connectivity index (χ1v) is 7.11. The second kappa shape index (κ2) is 6.88. The predicted octanol–water partition coefficient (Wildman–Crippen LogP) is 0.980. The molecule has 0 radical (unpaired) electrons. The number of fused-ring (bicyclic) bond motifs is 1. The van der Waals surface area contributed by atoms with Crippen molar-refractivity contribution in [2.45, 2.75) is 32.7 Å². The third-order valence-corrected chi connectivity index (χ3v) is 3.27. The monoisotopic (exact) mass is 288 g/mol. The summed E-state index contributed by atoms with van der Waals surface area (Å²) in [5.41, 5.74) is 7.07. The van der Waals surface area contributed by atoms with Gasteiger partial charge in [0.05, 0.1) is 11.0 Å². The van der Waals surface area contributed by atoms with Crippen molar-refractivity contribution in [3.8, 4) is 0 Å². The minimum absolute atomic E-state index is 0.0423. The van der Waals surface area contributed by atoms with E-state index >= 15 is 0 Å². The van der Waals surface area contributed by atoms with Crippen LogP contribution >= 0.6 is 0 Å². The number of benzene rings is 1. The van der Waals surface area contributed by atoms with Crippen LogP contribution in [0, 0.1) is 0 Å². The van der Waals surface area contributed by atoms with Gasteiger partial charge in [0.2, 0.25) is 11.8 Å². The second-order valence-electron chi connectivity index (χ2n) is 4.88. The number of carbonyl (C=O) groups excluding carboxylic acids is 2. The summed E-state index contributed by atoms with van der Waals surface area (Å²) in [7, 11) is 0. The van der Waals surface area contributed by atoms with Gasteiger partial charge in [0.15, 0.2) is 0 Å². The molecule has 6 nitrogen and oxygen atoms in total. The Hall–Kier alpha value is -2.37. The first-order valence-electron chi connectivity index (χ1n) is 7.11. The fourth-order valence-electron chi connectivity index (χ4n) is 2.25. The van der Waals surface area contributed by atoms with Crippen molar-refractivity contribution in [2.75, 3.05) is 6.54 Å². The molecule has 0 aliphatic heterocycles. The average Bonchev–Trinajstić information content (AvgIpc) is 2.81. The molecule has 2 aromatic rings. The van der Waals surface area contributed by atoms with Crippen molar-refractivity contribution in [3.05, 3.63) is 30.1 Å². The van der Waals surface area contributed by atoms with Gasteiger partial charge in [-0.1, -0.05) is 19.1 Å². The molecule has 0 saturated carbocycles. The number of carbonyl (C=O) groups is 2. The van der Waals surface area contributed by atoms with Crippen LogP contribution in [0.5, 0.6) is 0 Å². The van der Waals surface area contributed by atoms with E-state index in [4.69, 9.17) is 5.73 Å². The van der Waals surface area contributed by atoms with Gasteiger partial charge in [0.1, 0.15) is 12.4 Å². The lowest BCUT2D eigenvalue weighted by atomic mass is 10.3. The van der Waals surface area contributed by atoms with E-state index in [0.29, 0.717) is 19.4 Å². The standard InChI is InChI=1S/C15H20N4O2/c1-2-15(21)17-9-5-8-14-18-11-6-3-4-7-12(11)19(14)10-13(16)20/h3-4,6-7H,2,5,8-10H2,1H3,(H2,16,20)(H,17,21). The van der Waals surface area contributed by atoms with E-state index < -0.39 is 5.91 Å². The summed E-state index contributed by atoms with van der Waals surface area (Å²) >= 11 is 0. The number of hydrogen-bond acceptors (Lipinski definition) is 3. The number of para-hydroxylation sites is 2. The molecule has 0 fully saturated rings. The number of amides is 2. The van der Waals surface area contributed by atoms with Gasteiger partial charge in [-0.05, 0) is 18.6 Å². The molecule has 0 atom stereocenters. The van der Waals surface area contributed by atoms with Gasteiger partial charge in [-0.25, -0.2) is 4.98 Å². The molecule has 0 bridgehead atoms. The number of primary amides is 1. The molecule has 0 aliphatic carbocycles. The minimum atomic E-state index is -0.390. The molecule has 1 heterocycles. The summed E-state index contributed by atoms with van der Waals surface area (Å²) in [4.78, 5) is 27.0. The molecule has 2 amide bonds. The maximum atomic E-state index is 11.2. The highest BCUT2D eigenvalue weighted by Gasteiger charge is 2.11. The molecular weight excluding hydrogens is 268 g/mol. The molecule has 0 spiro atoms. The summed E-state index contributed by atoms with van der Waals surface area (Å²) in [5, 5.41) is 2.83. The first kappa shape index (κ1) is 15.0. The molecule has 1 aromatic carbocycles. The Bertz CT molecular complexity index is 648. The Kier molecular flexibility index (Phi) is 4.92. The summed E-state index contributed by atoms with van der Waals surface area (Å²) in [5.74, 6) is 0.472. The van der Waals surface area contributed by atoms with Crippen LogP contribution < -0.4 is 11.1 Å². The van der Waals surface area contributed by atoms with E-state index in [-0.39, 0.29) is 12.5 Å². The van der Waals surface area contributed by atoms with Crippen molar-refractivity contribution in [2.24, 2.45) is 5.73 Å². The van der Waals surface area contributed by atoms with E-state index in [1.807, 2.05) is 35.8 Å². The van der Waals surface area contributed by atoms with Gasteiger partial charge < -0.3 is 15.6 Å². The van der Waals surface area contributed by atoms with E-state index in [2.05, 4.69) is 10.3 Å². The Morgan fingerprint density at radius 1 is 1.33 bits per heavy atom. The smallest absolute Gasteiger partial charge is 0.237 e. The highest BCUT2D eigenvalue weighted by molar-refractivity contribution is 5.80. The Balaban J connectivity index is 2.10.